The van der Waals surface area contributed by atoms with Crippen LogP contribution in [0.4, 0.5) is 11.5 Å². The molecule has 0 aliphatic carbocycles. The molecule has 0 saturated carbocycles. The normalized spacial score (nSPS) is 10.4. The number of hydrogen-bond acceptors (Lipinski definition) is 4. The number of rotatable bonds is 5. The van der Waals surface area contributed by atoms with Crippen LogP contribution in [0.1, 0.15) is 11.1 Å². The molecule has 1 heterocycles. The first-order chi connectivity index (χ1) is 12.4. The molecule has 0 amide bonds. The van der Waals surface area contributed by atoms with Crippen molar-refractivity contribution in [2.24, 2.45) is 0 Å². The summed E-state index contributed by atoms with van der Waals surface area (Å²) in [6, 6.07) is 10.8. The summed E-state index contributed by atoms with van der Waals surface area (Å²) in [5.41, 5.74) is 2.70. The third kappa shape index (κ3) is 6.05. The number of benzene rings is 2. The van der Waals surface area contributed by atoms with Gasteiger partial charge in [-0.05, 0) is 42.8 Å². The molecule has 27 heavy (non-hydrogen) atoms. The van der Waals surface area contributed by atoms with Crippen molar-refractivity contribution >= 4 is 82.1 Å². The Morgan fingerprint density at radius 2 is 1.74 bits per heavy atom. The topological polar surface area (TPSA) is 37.8 Å². The number of halogens is 5. The lowest BCUT2D eigenvalue weighted by Crippen LogP contribution is -1.99. The number of aryl methyl sites for hydroxylation is 1. The summed E-state index contributed by atoms with van der Waals surface area (Å²) >= 11 is 25.7. The molecule has 0 fully saturated rings. The smallest absolute Gasteiger partial charge is 0.189 e. The highest BCUT2D eigenvalue weighted by Crippen LogP contribution is 2.30. The van der Waals surface area contributed by atoms with E-state index in [0.29, 0.717) is 36.8 Å². The maximum absolute atomic E-state index is 6.21. The Bertz CT molecular complexity index is 952. The third-order valence-electron chi connectivity index (χ3n) is 3.50. The number of aromatic nitrogens is 2. The van der Waals surface area contributed by atoms with Gasteiger partial charge in [-0.25, -0.2) is 9.97 Å². The number of nitrogens with one attached hydrogen (secondary N) is 1. The largest absolute Gasteiger partial charge is 0.340 e. The Balaban J connectivity index is 0.00000261. The Labute approximate surface area is 188 Å². The van der Waals surface area contributed by atoms with Crippen LogP contribution in [0.2, 0.25) is 20.1 Å². The molecule has 0 aliphatic heterocycles. The molecule has 0 saturated heterocycles. The van der Waals surface area contributed by atoms with Gasteiger partial charge in [0.1, 0.15) is 5.82 Å². The molecule has 2 aromatic carbocycles. The Morgan fingerprint density at radius 1 is 0.963 bits per heavy atom. The Hall–Kier alpha value is -0.880. The summed E-state index contributed by atoms with van der Waals surface area (Å²) in [4.78, 5) is 8.95. The molecule has 0 aliphatic rings. The van der Waals surface area contributed by atoms with Crippen LogP contribution in [-0.4, -0.2) is 9.97 Å². The van der Waals surface area contributed by atoms with E-state index in [2.05, 4.69) is 15.3 Å². The van der Waals surface area contributed by atoms with Gasteiger partial charge in [0.2, 0.25) is 0 Å². The van der Waals surface area contributed by atoms with Crippen LogP contribution in [-0.2, 0) is 5.75 Å². The van der Waals surface area contributed by atoms with Crippen molar-refractivity contribution in [3.05, 3.63) is 73.8 Å². The summed E-state index contributed by atoms with van der Waals surface area (Å²) in [7, 11) is 0. The van der Waals surface area contributed by atoms with Crippen molar-refractivity contribution in [1.29, 1.82) is 0 Å². The van der Waals surface area contributed by atoms with E-state index in [1.165, 1.54) is 11.8 Å². The van der Waals surface area contributed by atoms with Crippen LogP contribution in [0.15, 0.2) is 47.8 Å². The highest BCUT2D eigenvalue weighted by atomic mass is 35.5. The van der Waals surface area contributed by atoms with E-state index < -0.39 is 0 Å². The summed E-state index contributed by atoms with van der Waals surface area (Å²) in [6.07, 6.45) is 1.78. The van der Waals surface area contributed by atoms with Gasteiger partial charge in [-0.15, -0.1) is 12.4 Å². The van der Waals surface area contributed by atoms with E-state index in [1.807, 2.05) is 25.1 Å². The SMILES string of the molecule is Cc1cnc(SCc2ccc(Cl)cc2Cl)nc1Nc1ccc(Cl)c(Cl)c1.Cl. The molecule has 142 valence electrons. The van der Waals surface area contributed by atoms with Crippen LogP contribution in [0.25, 0.3) is 0 Å². The first-order valence-electron chi connectivity index (χ1n) is 7.55. The molecule has 0 unspecified atom stereocenters. The summed E-state index contributed by atoms with van der Waals surface area (Å²) in [5.74, 6) is 1.36. The van der Waals surface area contributed by atoms with Crippen LogP contribution >= 0.6 is 70.6 Å². The molecule has 0 bridgehead atoms. The second-order valence-electron chi connectivity index (χ2n) is 5.46. The van der Waals surface area contributed by atoms with Crippen LogP contribution in [0.5, 0.6) is 0 Å². The predicted molar refractivity (Wildman–Crippen MR) is 120 cm³/mol. The van der Waals surface area contributed by atoms with E-state index in [4.69, 9.17) is 46.4 Å². The molecule has 9 heteroatoms. The molecular formula is C18H14Cl5N3S. The van der Waals surface area contributed by atoms with Crippen molar-refractivity contribution in [3.8, 4) is 0 Å². The molecule has 3 rings (SSSR count). The minimum Gasteiger partial charge on any atom is -0.340 e. The first-order valence-corrected chi connectivity index (χ1v) is 10.0. The average Bonchev–Trinajstić information content (AvgIpc) is 2.60. The molecule has 0 radical (unpaired) electrons. The van der Waals surface area contributed by atoms with E-state index in [-0.39, 0.29) is 12.4 Å². The van der Waals surface area contributed by atoms with E-state index in [0.717, 1.165) is 16.8 Å². The third-order valence-corrected chi connectivity index (χ3v) is 5.74. The minimum absolute atomic E-state index is 0. The van der Waals surface area contributed by atoms with Crippen LogP contribution in [0, 0.1) is 6.92 Å². The monoisotopic (exact) mass is 479 g/mol. The van der Waals surface area contributed by atoms with Gasteiger partial charge >= 0.3 is 0 Å². The first kappa shape index (κ1) is 22.4. The van der Waals surface area contributed by atoms with Gasteiger partial charge in [-0.3, -0.25) is 0 Å². The van der Waals surface area contributed by atoms with Gasteiger partial charge in [0.25, 0.3) is 0 Å². The average molecular weight is 482 g/mol. The van der Waals surface area contributed by atoms with Gasteiger partial charge < -0.3 is 5.32 Å². The molecular weight excluding hydrogens is 468 g/mol. The molecule has 1 N–H and O–H groups in total. The number of thioether (sulfide) groups is 1. The zero-order chi connectivity index (χ0) is 18.7. The summed E-state index contributed by atoms with van der Waals surface area (Å²) < 4.78 is 0. The van der Waals surface area contributed by atoms with E-state index in [9.17, 15) is 0 Å². The van der Waals surface area contributed by atoms with Gasteiger partial charge in [-0.1, -0.05) is 64.2 Å². The zero-order valence-electron chi connectivity index (χ0n) is 14.0. The van der Waals surface area contributed by atoms with Crippen molar-refractivity contribution in [2.75, 3.05) is 5.32 Å². The van der Waals surface area contributed by atoms with Crippen molar-refractivity contribution in [1.82, 2.24) is 9.97 Å². The molecule has 0 spiro atoms. The Morgan fingerprint density at radius 3 is 2.44 bits per heavy atom. The van der Waals surface area contributed by atoms with Crippen LogP contribution < -0.4 is 5.32 Å². The van der Waals surface area contributed by atoms with Gasteiger partial charge in [-0.2, -0.15) is 0 Å². The van der Waals surface area contributed by atoms with Gasteiger partial charge in [0.05, 0.1) is 10.0 Å². The summed E-state index contributed by atoms with van der Waals surface area (Å²) in [5, 5.41) is 6.12. The molecule has 0 atom stereocenters. The van der Waals surface area contributed by atoms with E-state index >= 15 is 0 Å². The van der Waals surface area contributed by atoms with Gasteiger partial charge in [0, 0.05) is 33.2 Å². The lowest BCUT2D eigenvalue weighted by molar-refractivity contribution is 0.955. The molecule has 1 aromatic heterocycles. The van der Waals surface area contributed by atoms with Gasteiger partial charge in [0.15, 0.2) is 5.16 Å². The molecule has 3 aromatic rings. The second kappa shape index (κ2) is 10.1. The predicted octanol–water partition coefficient (Wildman–Crippen LogP) is 7.86. The fraction of sp³-hybridized carbons (Fsp3) is 0.111. The standard InChI is InChI=1S/C18H13Cl4N3S.ClH/c1-10-8-23-18(26-9-11-2-3-12(19)6-15(11)21)25-17(10)24-13-4-5-14(20)16(22)7-13;/h2-8H,9H2,1H3,(H,23,24,25);1H. The van der Waals surface area contributed by atoms with Crippen molar-refractivity contribution in [3.63, 3.8) is 0 Å². The fourth-order valence-electron chi connectivity index (χ4n) is 2.11. The Kier molecular flexibility index (Phi) is 8.35. The fourth-order valence-corrected chi connectivity index (χ4v) is 3.79. The number of anilines is 2. The highest BCUT2D eigenvalue weighted by Gasteiger charge is 2.08. The van der Waals surface area contributed by atoms with Crippen LogP contribution in [0.3, 0.4) is 0 Å². The minimum atomic E-state index is 0. The molecule has 3 nitrogen and oxygen atoms in total. The maximum Gasteiger partial charge on any atom is 0.189 e. The lowest BCUT2D eigenvalue weighted by Gasteiger charge is -2.11. The highest BCUT2D eigenvalue weighted by molar-refractivity contribution is 7.98. The zero-order valence-corrected chi connectivity index (χ0v) is 18.6. The summed E-state index contributed by atoms with van der Waals surface area (Å²) in [6.45, 7) is 1.93. The van der Waals surface area contributed by atoms with E-state index in [1.54, 1.807) is 24.4 Å². The second-order valence-corrected chi connectivity index (χ2v) is 8.06. The lowest BCUT2D eigenvalue weighted by atomic mass is 10.2. The number of nitrogens with zero attached hydrogens (tertiary/aromatic N) is 2. The van der Waals surface area contributed by atoms with Crippen molar-refractivity contribution < 1.29 is 0 Å². The quantitative estimate of drug-likeness (QED) is 0.297. The maximum atomic E-state index is 6.21. The van der Waals surface area contributed by atoms with Crippen molar-refractivity contribution in [2.45, 2.75) is 17.8 Å². The number of hydrogen-bond donors (Lipinski definition) is 1.